The Morgan fingerprint density at radius 3 is 2.53 bits per heavy atom. The van der Waals surface area contributed by atoms with Gasteiger partial charge in [-0.25, -0.2) is 4.79 Å². The van der Waals surface area contributed by atoms with Crippen LogP contribution in [-0.2, 0) is 9.53 Å². The monoisotopic (exact) mass is 277 g/mol. The van der Waals surface area contributed by atoms with Crippen LogP contribution in [0.1, 0.15) is 0 Å². The molecule has 0 atom stereocenters. The molecule has 0 N–H and O–H groups in total. The number of anilines is 1. The first-order chi connectivity index (χ1) is 9.13. The molecule has 0 aliphatic carbocycles. The Morgan fingerprint density at radius 1 is 1.26 bits per heavy atom. The predicted octanol–water partition coefficient (Wildman–Crippen LogP) is 3.13. The van der Waals surface area contributed by atoms with Gasteiger partial charge in [0.05, 0.1) is 7.11 Å². The van der Waals surface area contributed by atoms with E-state index < -0.39 is 0 Å². The van der Waals surface area contributed by atoms with Gasteiger partial charge >= 0.3 is 5.97 Å². The SMILES string of the molecule is COC(=O)C=CC=CCSc1ccc(N(C)C)cc1. The number of esters is 1. The van der Waals surface area contributed by atoms with E-state index in [0.717, 1.165) is 5.75 Å². The van der Waals surface area contributed by atoms with Gasteiger partial charge in [-0.1, -0.05) is 18.2 Å². The van der Waals surface area contributed by atoms with E-state index in [0.29, 0.717) is 0 Å². The Balaban J connectivity index is 2.35. The lowest BCUT2D eigenvalue weighted by molar-refractivity contribution is -0.134. The largest absolute Gasteiger partial charge is 0.466 e. The minimum Gasteiger partial charge on any atom is -0.466 e. The summed E-state index contributed by atoms with van der Waals surface area (Å²) in [5.74, 6) is 0.531. The fourth-order valence-corrected chi connectivity index (χ4v) is 2.05. The number of rotatable bonds is 6. The highest BCUT2D eigenvalue weighted by Crippen LogP contribution is 2.21. The highest BCUT2D eigenvalue weighted by molar-refractivity contribution is 7.99. The van der Waals surface area contributed by atoms with E-state index >= 15 is 0 Å². The molecular formula is C15H19NO2S. The number of ether oxygens (including phenoxy) is 1. The molecule has 0 radical (unpaired) electrons. The molecule has 19 heavy (non-hydrogen) atoms. The molecule has 0 saturated carbocycles. The minimum atomic E-state index is -0.337. The van der Waals surface area contributed by atoms with Gasteiger partial charge in [0.2, 0.25) is 0 Å². The lowest BCUT2D eigenvalue weighted by Gasteiger charge is -2.12. The van der Waals surface area contributed by atoms with Crippen LogP contribution in [0.5, 0.6) is 0 Å². The van der Waals surface area contributed by atoms with Crippen molar-refractivity contribution in [3.63, 3.8) is 0 Å². The molecule has 102 valence electrons. The molecule has 0 spiro atoms. The number of hydrogen-bond acceptors (Lipinski definition) is 4. The van der Waals surface area contributed by atoms with E-state index in [2.05, 4.69) is 33.9 Å². The maximum Gasteiger partial charge on any atom is 0.330 e. The van der Waals surface area contributed by atoms with Crippen molar-refractivity contribution in [1.29, 1.82) is 0 Å². The summed E-state index contributed by atoms with van der Waals surface area (Å²) < 4.78 is 4.49. The number of allylic oxidation sites excluding steroid dienone is 2. The van der Waals surface area contributed by atoms with Crippen molar-refractivity contribution in [2.75, 3.05) is 31.9 Å². The van der Waals surface area contributed by atoms with Crippen LogP contribution < -0.4 is 4.90 Å². The van der Waals surface area contributed by atoms with Gasteiger partial charge in [-0.15, -0.1) is 11.8 Å². The normalized spacial score (nSPS) is 11.1. The van der Waals surface area contributed by atoms with Gasteiger partial charge in [-0.05, 0) is 24.3 Å². The Bertz CT molecular complexity index is 450. The Hall–Kier alpha value is -1.68. The zero-order valence-corrected chi connectivity index (χ0v) is 12.3. The van der Waals surface area contributed by atoms with Gasteiger partial charge in [-0.3, -0.25) is 0 Å². The molecule has 1 aromatic rings. The van der Waals surface area contributed by atoms with Crippen LogP contribution >= 0.6 is 11.8 Å². The van der Waals surface area contributed by atoms with E-state index in [1.165, 1.54) is 23.8 Å². The molecule has 0 bridgehead atoms. The van der Waals surface area contributed by atoms with Gasteiger partial charge in [0.15, 0.2) is 0 Å². The average molecular weight is 277 g/mol. The van der Waals surface area contributed by atoms with Crippen molar-refractivity contribution >= 4 is 23.4 Å². The summed E-state index contributed by atoms with van der Waals surface area (Å²) in [5.41, 5.74) is 1.20. The molecule has 3 nitrogen and oxygen atoms in total. The first-order valence-corrected chi connectivity index (χ1v) is 6.93. The maximum atomic E-state index is 10.8. The molecule has 0 unspecified atom stereocenters. The lowest BCUT2D eigenvalue weighted by atomic mass is 10.3. The Labute approximate surface area is 118 Å². The van der Waals surface area contributed by atoms with Gasteiger partial charge < -0.3 is 9.64 Å². The highest BCUT2D eigenvalue weighted by atomic mass is 32.2. The molecule has 0 aliphatic heterocycles. The van der Waals surface area contributed by atoms with Crippen molar-refractivity contribution in [2.45, 2.75) is 4.90 Å². The molecule has 1 aromatic carbocycles. The second-order valence-electron chi connectivity index (χ2n) is 4.01. The third-order valence-electron chi connectivity index (χ3n) is 2.38. The van der Waals surface area contributed by atoms with Crippen LogP contribution in [0.3, 0.4) is 0 Å². The second-order valence-corrected chi connectivity index (χ2v) is 5.10. The number of hydrogen-bond donors (Lipinski definition) is 0. The van der Waals surface area contributed by atoms with Crippen molar-refractivity contribution in [3.8, 4) is 0 Å². The molecule has 0 amide bonds. The summed E-state index contributed by atoms with van der Waals surface area (Å²) in [6, 6.07) is 8.42. The maximum absolute atomic E-state index is 10.8. The van der Waals surface area contributed by atoms with E-state index in [4.69, 9.17) is 0 Å². The molecule has 0 aromatic heterocycles. The zero-order valence-electron chi connectivity index (χ0n) is 11.5. The van der Waals surface area contributed by atoms with Crippen LogP contribution in [0, 0.1) is 0 Å². The molecular weight excluding hydrogens is 258 g/mol. The van der Waals surface area contributed by atoms with Crippen LogP contribution in [-0.4, -0.2) is 32.9 Å². The third-order valence-corrected chi connectivity index (χ3v) is 3.34. The van der Waals surface area contributed by atoms with Gasteiger partial charge in [-0.2, -0.15) is 0 Å². The van der Waals surface area contributed by atoms with Crippen LogP contribution in [0.4, 0.5) is 5.69 Å². The number of thioether (sulfide) groups is 1. The van der Waals surface area contributed by atoms with E-state index in [1.54, 1.807) is 17.8 Å². The summed E-state index contributed by atoms with van der Waals surface area (Å²) in [6.07, 6.45) is 6.93. The molecule has 0 fully saturated rings. The number of carbonyl (C=O) groups is 1. The van der Waals surface area contributed by atoms with Gasteiger partial charge in [0.1, 0.15) is 0 Å². The predicted molar refractivity (Wildman–Crippen MR) is 81.8 cm³/mol. The smallest absolute Gasteiger partial charge is 0.330 e. The molecule has 0 aliphatic rings. The van der Waals surface area contributed by atoms with Crippen LogP contribution in [0.15, 0.2) is 53.5 Å². The van der Waals surface area contributed by atoms with E-state index in [9.17, 15) is 4.79 Å². The Morgan fingerprint density at radius 2 is 1.95 bits per heavy atom. The summed E-state index contributed by atoms with van der Waals surface area (Å²) in [6.45, 7) is 0. The molecule has 4 heteroatoms. The minimum absolute atomic E-state index is 0.337. The number of nitrogens with zero attached hydrogens (tertiary/aromatic N) is 1. The number of benzene rings is 1. The van der Waals surface area contributed by atoms with Crippen LogP contribution in [0.2, 0.25) is 0 Å². The average Bonchev–Trinajstić information content (AvgIpc) is 2.42. The van der Waals surface area contributed by atoms with E-state index in [-0.39, 0.29) is 5.97 Å². The lowest BCUT2D eigenvalue weighted by Crippen LogP contribution is -2.07. The topological polar surface area (TPSA) is 29.5 Å². The summed E-state index contributed by atoms with van der Waals surface area (Å²) >= 11 is 1.75. The second kappa shape index (κ2) is 8.43. The highest BCUT2D eigenvalue weighted by Gasteiger charge is 1.95. The van der Waals surface area contributed by atoms with Crippen molar-refractivity contribution in [1.82, 2.24) is 0 Å². The summed E-state index contributed by atoms with van der Waals surface area (Å²) in [5, 5.41) is 0. The van der Waals surface area contributed by atoms with Crippen molar-refractivity contribution in [2.24, 2.45) is 0 Å². The van der Waals surface area contributed by atoms with Crippen LogP contribution in [0.25, 0.3) is 0 Å². The molecule has 1 rings (SSSR count). The molecule has 0 heterocycles. The standard InChI is InChI=1S/C15H19NO2S/c1-16(2)13-8-10-14(11-9-13)19-12-6-4-5-7-15(17)18-3/h4-11H,12H2,1-3H3. The fourth-order valence-electron chi connectivity index (χ4n) is 1.32. The van der Waals surface area contributed by atoms with Gasteiger partial charge in [0, 0.05) is 36.5 Å². The number of carbonyl (C=O) groups excluding carboxylic acids is 1. The fraction of sp³-hybridized carbons (Fsp3) is 0.267. The first kappa shape index (κ1) is 15.4. The van der Waals surface area contributed by atoms with Crippen molar-refractivity contribution in [3.05, 3.63) is 48.6 Å². The quantitative estimate of drug-likeness (QED) is 0.346. The van der Waals surface area contributed by atoms with E-state index in [1.807, 2.05) is 26.2 Å². The third kappa shape index (κ3) is 6.15. The zero-order chi connectivity index (χ0) is 14.1. The Kier molecular flexibility index (Phi) is 6.82. The summed E-state index contributed by atoms with van der Waals surface area (Å²) in [4.78, 5) is 14.1. The summed E-state index contributed by atoms with van der Waals surface area (Å²) in [7, 11) is 5.42. The van der Waals surface area contributed by atoms with Gasteiger partial charge in [0.25, 0.3) is 0 Å². The van der Waals surface area contributed by atoms with Crippen molar-refractivity contribution < 1.29 is 9.53 Å². The number of methoxy groups -OCH3 is 1. The molecule has 0 saturated heterocycles. The first-order valence-electron chi connectivity index (χ1n) is 5.95.